The van der Waals surface area contributed by atoms with E-state index in [-0.39, 0.29) is 24.1 Å². The van der Waals surface area contributed by atoms with Gasteiger partial charge in [-0.1, -0.05) is 50.2 Å². The number of hydrogen-bond donors (Lipinski definition) is 1. The van der Waals surface area contributed by atoms with E-state index in [1.807, 2.05) is 51.1 Å². The third-order valence-corrected chi connectivity index (χ3v) is 6.46. The number of nitrogens with one attached hydrogen (secondary N) is 1. The van der Waals surface area contributed by atoms with Gasteiger partial charge in [0.15, 0.2) is 0 Å². The van der Waals surface area contributed by atoms with Crippen molar-refractivity contribution in [1.82, 2.24) is 10.2 Å². The number of amides is 2. The number of nitrogens with zero attached hydrogens (tertiary/aromatic N) is 2. The normalized spacial score (nSPS) is 12.2. The average molecular weight is 490 g/mol. The highest BCUT2D eigenvalue weighted by Crippen LogP contribution is 2.31. The van der Waals surface area contributed by atoms with Gasteiger partial charge in [0, 0.05) is 13.1 Å². The van der Waals surface area contributed by atoms with Crippen molar-refractivity contribution in [2.75, 3.05) is 30.8 Å². The second-order valence-corrected chi connectivity index (χ2v) is 10.7. The molecule has 0 saturated heterocycles. The van der Waals surface area contributed by atoms with Gasteiger partial charge in [-0.05, 0) is 43.0 Å². The third-order valence-electron chi connectivity index (χ3n) is 5.33. The molecular weight excluding hydrogens is 454 g/mol. The molecule has 0 aliphatic carbocycles. The van der Waals surface area contributed by atoms with Crippen LogP contribution in [0.1, 0.15) is 31.9 Å². The minimum absolute atomic E-state index is 0.165. The molecule has 0 fully saturated rings. The molecule has 0 aliphatic heterocycles. The van der Waals surface area contributed by atoms with Crippen LogP contribution < -0.4 is 14.4 Å². The van der Waals surface area contributed by atoms with E-state index in [4.69, 9.17) is 4.74 Å². The first kappa shape index (κ1) is 27.2. The van der Waals surface area contributed by atoms with Gasteiger partial charge in [-0.2, -0.15) is 0 Å². The topological polar surface area (TPSA) is 96.0 Å². The fourth-order valence-electron chi connectivity index (χ4n) is 3.40. The standard InChI is InChI=1S/C25H35N3O5S/c1-18(2)15-26-25(30)20(4)27(16-21-10-8-7-9-11-21)24(29)17-28(34(6,31)32)22-14-19(3)12-13-23(22)33-5/h7-14,18,20H,15-17H2,1-6H3,(H,26,30)/t20-/m0/s1. The SMILES string of the molecule is COc1ccc(C)cc1N(CC(=O)N(Cc1ccccc1)[C@@H](C)C(=O)NCC(C)C)S(C)(=O)=O. The van der Waals surface area contributed by atoms with Gasteiger partial charge < -0.3 is 15.0 Å². The van der Waals surface area contributed by atoms with E-state index in [0.717, 1.165) is 21.7 Å². The van der Waals surface area contributed by atoms with Gasteiger partial charge in [0.1, 0.15) is 18.3 Å². The molecule has 2 aromatic rings. The van der Waals surface area contributed by atoms with Gasteiger partial charge in [-0.25, -0.2) is 8.42 Å². The summed E-state index contributed by atoms with van der Waals surface area (Å²) in [5.41, 5.74) is 1.92. The first-order valence-corrected chi connectivity index (χ1v) is 13.0. The van der Waals surface area contributed by atoms with Crippen LogP contribution in [0, 0.1) is 12.8 Å². The van der Waals surface area contributed by atoms with Crippen molar-refractivity contribution >= 4 is 27.5 Å². The third kappa shape index (κ3) is 7.48. The first-order chi connectivity index (χ1) is 15.9. The lowest BCUT2D eigenvalue weighted by molar-refractivity contribution is -0.139. The Kier molecular flexibility index (Phi) is 9.49. The van der Waals surface area contributed by atoms with Crippen LogP contribution in [0.4, 0.5) is 5.69 Å². The summed E-state index contributed by atoms with van der Waals surface area (Å²) in [5.74, 6) is -0.202. The second-order valence-electron chi connectivity index (χ2n) is 8.77. The summed E-state index contributed by atoms with van der Waals surface area (Å²) in [6.07, 6.45) is 1.04. The number of aryl methyl sites for hydroxylation is 1. The molecule has 1 atom stereocenters. The van der Waals surface area contributed by atoms with Crippen LogP contribution in [-0.2, 0) is 26.2 Å². The van der Waals surface area contributed by atoms with Crippen molar-refractivity contribution in [3.63, 3.8) is 0 Å². The lowest BCUT2D eigenvalue weighted by Gasteiger charge is -2.32. The second kappa shape index (κ2) is 11.9. The Morgan fingerprint density at radius 3 is 2.26 bits per heavy atom. The quantitative estimate of drug-likeness (QED) is 0.524. The molecular formula is C25H35N3O5S. The van der Waals surface area contributed by atoms with Crippen molar-refractivity contribution in [2.45, 2.75) is 40.3 Å². The molecule has 2 rings (SSSR count). The van der Waals surface area contributed by atoms with E-state index in [0.29, 0.717) is 12.3 Å². The van der Waals surface area contributed by atoms with Crippen LogP contribution in [-0.4, -0.2) is 57.6 Å². The Labute approximate surface area is 202 Å². The van der Waals surface area contributed by atoms with Crippen LogP contribution in [0.25, 0.3) is 0 Å². The van der Waals surface area contributed by atoms with Crippen LogP contribution in [0.2, 0.25) is 0 Å². The van der Waals surface area contributed by atoms with Crippen molar-refractivity contribution in [3.8, 4) is 5.75 Å². The number of benzene rings is 2. The Balaban J connectivity index is 2.41. The molecule has 2 amide bonds. The van der Waals surface area contributed by atoms with Crippen molar-refractivity contribution in [2.24, 2.45) is 5.92 Å². The molecule has 0 spiro atoms. The minimum Gasteiger partial charge on any atom is -0.495 e. The number of hydrogen-bond acceptors (Lipinski definition) is 5. The minimum atomic E-state index is -3.83. The number of carbonyl (C=O) groups excluding carboxylic acids is 2. The highest BCUT2D eigenvalue weighted by molar-refractivity contribution is 7.92. The molecule has 0 saturated carbocycles. The first-order valence-electron chi connectivity index (χ1n) is 11.2. The average Bonchev–Trinajstić information content (AvgIpc) is 2.78. The maximum atomic E-state index is 13.5. The molecule has 186 valence electrons. The lowest BCUT2D eigenvalue weighted by Crippen LogP contribution is -2.51. The van der Waals surface area contributed by atoms with Gasteiger partial charge in [0.2, 0.25) is 21.8 Å². The Hall–Kier alpha value is -3.07. The van der Waals surface area contributed by atoms with E-state index in [2.05, 4.69) is 5.32 Å². The number of methoxy groups -OCH3 is 1. The molecule has 9 heteroatoms. The monoisotopic (exact) mass is 489 g/mol. The fraction of sp³-hybridized carbons (Fsp3) is 0.440. The summed E-state index contributed by atoms with van der Waals surface area (Å²) in [4.78, 5) is 27.8. The maximum Gasteiger partial charge on any atom is 0.244 e. The largest absolute Gasteiger partial charge is 0.495 e. The number of carbonyl (C=O) groups is 2. The predicted molar refractivity (Wildman–Crippen MR) is 134 cm³/mol. The lowest BCUT2D eigenvalue weighted by atomic mass is 10.1. The zero-order valence-electron chi connectivity index (χ0n) is 20.7. The highest BCUT2D eigenvalue weighted by atomic mass is 32.2. The Morgan fingerprint density at radius 2 is 1.71 bits per heavy atom. The molecule has 0 radical (unpaired) electrons. The molecule has 2 aromatic carbocycles. The predicted octanol–water partition coefficient (Wildman–Crippen LogP) is 2.96. The van der Waals surface area contributed by atoms with Crippen LogP contribution >= 0.6 is 0 Å². The molecule has 0 aromatic heterocycles. The van der Waals surface area contributed by atoms with Crippen molar-refractivity contribution < 1.29 is 22.7 Å². The summed E-state index contributed by atoms with van der Waals surface area (Å²) in [7, 11) is -2.39. The Bertz CT molecular complexity index is 1090. The number of sulfonamides is 1. The van der Waals surface area contributed by atoms with Gasteiger partial charge in [0.05, 0.1) is 19.1 Å². The van der Waals surface area contributed by atoms with E-state index in [1.165, 1.54) is 12.0 Å². The molecule has 1 N–H and O–H groups in total. The summed E-state index contributed by atoms with van der Waals surface area (Å²) >= 11 is 0. The number of ether oxygens (including phenoxy) is 1. The number of anilines is 1. The molecule has 0 heterocycles. The van der Waals surface area contributed by atoms with E-state index >= 15 is 0 Å². The van der Waals surface area contributed by atoms with Gasteiger partial charge in [0.25, 0.3) is 0 Å². The number of rotatable bonds is 11. The maximum absolute atomic E-state index is 13.5. The van der Waals surface area contributed by atoms with E-state index < -0.39 is 28.5 Å². The van der Waals surface area contributed by atoms with Crippen molar-refractivity contribution in [3.05, 3.63) is 59.7 Å². The van der Waals surface area contributed by atoms with Crippen molar-refractivity contribution in [1.29, 1.82) is 0 Å². The summed E-state index contributed by atoms with van der Waals surface area (Å²) in [5, 5.41) is 2.86. The Morgan fingerprint density at radius 1 is 1.06 bits per heavy atom. The van der Waals surface area contributed by atoms with Gasteiger partial charge in [-0.15, -0.1) is 0 Å². The summed E-state index contributed by atoms with van der Waals surface area (Å²) in [6, 6.07) is 13.6. The molecule has 0 unspecified atom stereocenters. The smallest absolute Gasteiger partial charge is 0.244 e. The fourth-order valence-corrected chi connectivity index (χ4v) is 4.25. The highest BCUT2D eigenvalue weighted by Gasteiger charge is 2.31. The molecule has 0 aliphatic rings. The van der Waals surface area contributed by atoms with Crippen LogP contribution in [0.15, 0.2) is 48.5 Å². The molecule has 8 nitrogen and oxygen atoms in total. The zero-order valence-corrected chi connectivity index (χ0v) is 21.6. The van der Waals surface area contributed by atoms with E-state index in [9.17, 15) is 18.0 Å². The molecule has 0 bridgehead atoms. The van der Waals surface area contributed by atoms with Crippen LogP contribution in [0.3, 0.4) is 0 Å². The zero-order chi connectivity index (χ0) is 25.5. The summed E-state index contributed by atoms with van der Waals surface area (Å²) < 4.78 is 31.8. The van der Waals surface area contributed by atoms with Gasteiger partial charge >= 0.3 is 0 Å². The summed E-state index contributed by atoms with van der Waals surface area (Å²) in [6.45, 7) is 7.62. The van der Waals surface area contributed by atoms with Crippen LogP contribution in [0.5, 0.6) is 5.75 Å². The van der Waals surface area contributed by atoms with Gasteiger partial charge in [-0.3, -0.25) is 13.9 Å². The van der Waals surface area contributed by atoms with E-state index in [1.54, 1.807) is 25.1 Å². The molecule has 34 heavy (non-hydrogen) atoms.